The van der Waals surface area contributed by atoms with Crippen LogP contribution in [0.1, 0.15) is 0 Å². The zero-order valence-corrected chi connectivity index (χ0v) is 15.2. The number of sulfonamides is 1. The van der Waals surface area contributed by atoms with E-state index in [9.17, 15) is 8.42 Å². The van der Waals surface area contributed by atoms with E-state index in [0.29, 0.717) is 43.4 Å². The molecule has 134 valence electrons. The monoisotopic (exact) mass is 383 g/mol. The molecule has 0 amide bonds. The van der Waals surface area contributed by atoms with Crippen molar-refractivity contribution in [1.82, 2.24) is 14.3 Å². The van der Waals surface area contributed by atoms with E-state index >= 15 is 0 Å². The zero-order chi connectivity index (χ0) is 18.0. The molecule has 1 fully saturated rings. The highest BCUT2D eigenvalue weighted by Gasteiger charge is 2.29. The van der Waals surface area contributed by atoms with Gasteiger partial charge in [-0.2, -0.15) is 4.31 Å². The Morgan fingerprint density at radius 1 is 1.12 bits per heavy atom. The number of benzene rings is 1. The molecule has 2 N–H and O–H groups in total. The first-order valence-electron chi connectivity index (χ1n) is 7.58. The molecule has 0 saturated carbocycles. The average molecular weight is 384 g/mol. The van der Waals surface area contributed by atoms with Gasteiger partial charge in [0.1, 0.15) is 17.8 Å². The normalized spacial score (nSPS) is 16.0. The standard InChI is InChI=1S/C15H18ClN5O3S/c1-24-11-2-4-12(5-3-11)25(22,23)21-8-6-20(7-9-21)15-13(17)14(16)18-10-19-15/h2-5,10H,6-9,17H2,1H3. The molecule has 0 unspecified atom stereocenters. The number of ether oxygens (including phenoxy) is 1. The molecule has 0 atom stereocenters. The summed E-state index contributed by atoms with van der Waals surface area (Å²) in [5, 5.41) is 0.193. The van der Waals surface area contributed by atoms with Gasteiger partial charge in [0, 0.05) is 26.2 Å². The van der Waals surface area contributed by atoms with E-state index in [2.05, 4.69) is 9.97 Å². The topological polar surface area (TPSA) is 102 Å². The second-order valence-corrected chi connectivity index (χ2v) is 7.76. The van der Waals surface area contributed by atoms with Gasteiger partial charge in [-0.05, 0) is 24.3 Å². The van der Waals surface area contributed by atoms with Gasteiger partial charge in [-0.1, -0.05) is 11.6 Å². The number of methoxy groups -OCH3 is 1. The van der Waals surface area contributed by atoms with Gasteiger partial charge in [-0.25, -0.2) is 18.4 Å². The second kappa shape index (κ2) is 7.03. The predicted octanol–water partition coefficient (Wildman–Crippen LogP) is 1.23. The molecule has 1 saturated heterocycles. The fraction of sp³-hybridized carbons (Fsp3) is 0.333. The molecule has 25 heavy (non-hydrogen) atoms. The van der Waals surface area contributed by atoms with Crippen molar-refractivity contribution in [3.8, 4) is 5.75 Å². The van der Waals surface area contributed by atoms with Gasteiger partial charge in [-0.15, -0.1) is 0 Å². The van der Waals surface area contributed by atoms with Crippen molar-refractivity contribution in [3.05, 3.63) is 35.7 Å². The van der Waals surface area contributed by atoms with Gasteiger partial charge in [0.15, 0.2) is 11.0 Å². The first-order valence-corrected chi connectivity index (χ1v) is 9.40. The first-order chi connectivity index (χ1) is 11.9. The molecule has 1 aromatic carbocycles. The molecule has 2 heterocycles. The molecule has 2 aromatic rings. The number of nitrogens with two attached hydrogens (primary N) is 1. The van der Waals surface area contributed by atoms with Crippen molar-refractivity contribution >= 4 is 33.1 Å². The van der Waals surface area contributed by atoms with Gasteiger partial charge >= 0.3 is 0 Å². The van der Waals surface area contributed by atoms with Crippen molar-refractivity contribution in [2.45, 2.75) is 4.90 Å². The molecule has 1 aromatic heterocycles. The zero-order valence-electron chi connectivity index (χ0n) is 13.6. The Hall–Kier alpha value is -2.10. The van der Waals surface area contributed by atoms with Crippen LogP contribution >= 0.6 is 11.6 Å². The molecule has 0 aliphatic carbocycles. The molecule has 3 rings (SSSR count). The van der Waals surface area contributed by atoms with E-state index < -0.39 is 10.0 Å². The molecule has 1 aliphatic rings. The summed E-state index contributed by atoms with van der Waals surface area (Å²) < 4.78 is 32.0. The summed E-state index contributed by atoms with van der Waals surface area (Å²) in [5.41, 5.74) is 6.21. The smallest absolute Gasteiger partial charge is 0.243 e. The van der Waals surface area contributed by atoms with Crippen LogP contribution in [0, 0.1) is 0 Å². The Bertz CT molecular complexity index is 852. The van der Waals surface area contributed by atoms with Crippen molar-refractivity contribution in [1.29, 1.82) is 0 Å². The van der Waals surface area contributed by atoms with Crippen LogP contribution in [0.25, 0.3) is 0 Å². The summed E-state index contributed by atoms with van der Waals surface area (Å²) in [4.78, 5) is 10.1. The van der Waals surface area contributed by atoms with Crippen LogP contribution in [-0.2, 0) is 10.0 Å². The number of nitrogen functional groups attached to an aromatic ring is 1. The Labute approximate surface area is 151 Å². The molecule has 0 spiro atoms. The van der Waals surface area contributed by atoms with Gasteiger partial charge in [0.05, 0.1) is 12.0 Å². The van der Waals surface area contributed by atoms with Crippen molar-refractivity contribution < 1.29 is 13.2 Å². The summed E-state index contributed by atoms with van der Waals surface area (Å²) in [7, 11) is -2.01. The maximum atomic E-state index is 12.7. The van der Waals surface area contributed by atoms with Crippen LogP contribution in [0.2, 0.25) is 5.15 Å². The Morgan fingerprint density at radius 3 is 2.36 bits per heavy atom. The molecular formula is C15H18ClN5O3S. The number of nitrogens with zero attached hydrogens (tertiary/aromatic N) is 4. The lowest BCUT2D eigenvalue weighted by Gasteiger charge is -2.35. The average Bonchev–Trinajstić information content (AvgIpc) is 2.64. The number of halogens is 1. The predicted molar refractivity (Wildman–Crippen MR) is 95.4 cm³/mol. The van der Waals surface area contributed by atoms with Crippen LogP contribution in [0.3, 0.4) is 0 Å². The van der Waals surface area contributed by atoms with Gasteiger partial charge in [-0.3, -0.25) is 0 Å². The third kappa shape index (κ3) is 3.48. The summed E-state index contributed by atoms with van der Waals surface area (Å²) in [6.07, 6.45) is 1.34. The summed E-state index contributed by atoms with van der Waals surface area (Å²) >= 11 is 5.92. The number of rotatable bonds is 4. The molecule has 1 aliphatic heterocycles. The molecular weight excluding hydrogens is 366 g/mol. The molecule has 10 heteroatoms. The number of hydrogen-bond donors (Lipinski definition) is 1. The van der Waals surface area contributed by atoms with Crippen LogP contribution in [0.4, 0.5) is 11.5 Å². The minimum Gasteiger partial charge on any atom is -0.497 e. The highest BCUT2D eigenvalue weighted by molar-refractivity contribution is 7.89. The molecule has 0 radical (unpaired) electrons. The Morgan fingerprint density at radius 2 is 1.76 bits per heavy atom. The van der Waals surface area contributed by atoms with Crippen molar-refractivity contribution in [3.63, 3.8) is 0 Å². The Balaban J connectivity index is 1.73. The van der Waals surface area contributed by atoms with Crippen molar-refractivity contribution in [2.24, 2.45) is 0 Å². The minimum absolute atomic E-state index is 0.193. The van der Waals surface area contributed by atoms with E-state index in [1.807, 2.05) is 4.90 Å². The van der Waals surface area contributed by atoms with E-state index in [4.69, 9.17) is 22.1 Å². The first kappa shape index (κ1) is 17.7. The quantitative estimate of drug-likeness (QED) is 0.792. The Kier molecular flexibility index (Phi) is 4.98. The fourth-order valence-electron chi connectivity index (χ4n) is 2.65. The third-order valence-corrected chi connectivity index (χ3v) is 6.26. The van der Waals surface area contributed by atoms with Crippen LogP contribution in [0.5, 0.6) is 5.75 Å². The highest BCUT2D eigenvalue weighted by Crippen LogP contribution is 2.27. The number of aromatic nitrogens is 2. The lowest BCUT2D eigenvalue weighted by molar-refractivity contribution is 0.383. The fourth-order valence-corrected chi connectivity index (χ4v) is 4.20. The maximum absolute atomic E-state index is 12.7. The molecule has 8 nitrogen and oxygen atoms in total. The number of piperazine rings is 1. The molecule has 0 bridgehead atoms. The third-order valence-electron chi connectivity index (χ3n) is 4.05. The maximum Gasteiger partial charge on any atom is 0.243 e. The minimum atomic E-state index is -3.55. The van der Waals surface area contributed by atoms with E-state index in [1.165, 1.54) is 17.7 Å². The van der Waals surface area contributed by atoms with E-state index in [1.54, 1.807) is 24.3 Å². The van der Waals surface area contributed by atoms with E-state index in [0.717, 1.165) is 0 Å². The van der Waals surface area contributed by atoms with Gasteiger partial charge in [0.2, 0.25) is 10.0 Å². The second-order valence-electron chi connectivity index (χ2n) is 5.47. The van der Waals surface area contributed by atoms with Gasteiger partial charge in [0.25, 0.3) is 0 Å². The van der Waals surface area contributed by atoms with Crippen LogP contribution < -0.4 is 15.4 Å². The summed E-state index contributed by atoms with van der Waals surface area (Å²) in [6, 6.07) is 6.35. The van der Waals surface area contributed by atoms with Gasteiger partial charge < -0.3 is 15.4 Å². The number of hydrogen-bond acceptors (Lipinski definition) is 7. The van der Waals surface area contributed by atoms with E-state index in [-0.39, 0.29) is 10.0 Å². The van der Waals surface area contributed by atoms with Crippen molar-refractivity contribution in [2.75, 3.05) is 43.9 Å². The largest absolute Gasteiger partial charge is 0.497 e. The SMILES string of the molecule is COc1ccc(S(=O)(=O)N2CCN(c3ncnc(Cl)c3N)CC2)cc1. The van der Waals surface area contributed by atoms with Crippen LogP contribution in [0.15, 0.2) is 35.5 Å². The summed E-state index contributed by atoms with van der Waals surface area (Å²) in [5.74, 6) is 1.14. The number of anilines is 2. The lowest BCUT2D eigenvalue weighted by atomic mass is 10.3. The highest BCUT2D eigenvalue weighted by atomic mass is 35.5. The van der Waals surface area contributed by atoms with Crippen LogP contribution in [-0.4, -0.2) is 56.0 Å². The summed E-state index contributed by atoms with van der Waals surface area (Å²) in [6.45, 7) is 1.59. The lowest BCUT2D eigenvalue weighted by Crippen LogP contribution is -2.49.